The quantitative estimate of drug-likeness (QED) is 0.632. The predicted molar refractivity (Wildman–Crippen MR) is 64.9 cm³/mol. The lowest BCUT2D eigenvalue weighted by molar-refractivity contribution is 0.629. The molecular weight excluding hydrogens is 215 g/mol. The molecule has 2 aromatic carbocycles. The van der Waals surface area contributed by atoms with Crippen molar-refractivity contribution < 1.29 is 4.39 Å². The Morgan fingerprint density at radius 2 is 1.76 bits per heavy atom. The van der Waals surface area contributed by atoms with Gasteiger partial charge in [0.1, 0.15) is 5.82 Å². The molecule has 82 valence electrons. The van der Waals surface area contributed by atoms with E-state index >= 15 is 0 Å². The molecule has 3 aromatic rings. The summed E-state index contributed by atoms with van der Waals surface area (Å²) in [5, 5.41) is 0.839. The Morgan fingerprint density at radius 1 is 0.941 bits per heavy atom. The van der Waals surface area contributed by atoms with Crippen LogP contribution in [0.25, 0.3) is 22.3 Å². The Labute approximate surface area is 97.8 Å². The van der Waals surface area contributed by atoms with Crippen LogP contribution in [0.15, 0.2) is 54.7 Å². The topological polar surface area (TPSA) is 25.8 Å². The first-order chi connectivity index (χ1) is 8.33. The lowest BCUT2D eigenvalue weighted by atomic mass is 10.2. The van der Waals surface area contributed by atoms with Crippen molar-refractivity contribution in [2.75, 3.05) is 0 Å². The number of hydrogen-bond acceptors (Lipinski definition) is 2. The highest BCUT2D eigenvalue weighted by Crippen LogP contribution is 2.18. The van der Waals surface area contributed by atoms with Gasteiger partial charge in [-0.2, -0.15) is 0 Å². The van der Waals surface area contributed by atoms with Crippen LogP contribution >= 0.6 is 0 Å². The molecule has 0 aliphatic carbocycles. The van der Waals surface area contributed by atoms with Crippen LogP contribution in [-0.4, -0.2) is 9.97 Å². The van der Waals surface area contributed by atoms with Gasteiger partial charge in [0.15, 0.2) is 5.82 Å². The second kappa shape index (κ2) is 3.94. The minimum atomic E-state index is -0.282. The van der Waals surface area contributed by atoms with Crippen LogP contribution in [0.5, 0.6) is 0 Å². The first kappa shape index (κ1) is 9.90. The summed E-state index contributed by atoms with van der Waals surface area (Å²) >= 11 is 0. The highest BCUT2D eigenvalue weighted by atomic mass is 19.1. The number of nitrogens with zero attached hydrogens (tertiary/aromatic N) is 2. The van der Waals surface area contributed by atoms with E-state index in [1.165, 1.54) is 12.1 Å². The van der Waals surface area contributed by atoms with E-state index in [1.807, 2.05) is 30.3 Å². The fourth-order valence-corrected chi connectivity index (χ4v) is 1.72. The van der Waals surface area contributed by atoms with Gasteiger partial charge in [0.2, 0.25) is 0 Å². The molecule has 3 rings (SSSR count). The van der Waals surface area contributed by atoms with Crippen molar-refractivity contribution in [3.05, 3.63) is 60.5 Å². The molecule has 0 amide bonds. The number of rotatable bonds is 1. The summed E-state index contributed by atoms with van der Waals surface area (Å²) in [5.74, 6) is 0.332. The first-order valence-electron chi connectivity index (χ1n) is 5.31. The molecule has 0 unspecified atom stereocenters. The van der Waals surface area contributed by atoms with Crippen LogP contribution in [0, 0.1) is 5.82 Å². The summed E-state index contributed by atoms with van der Waals surface area (Å²) in [4.78, 5) is 8.63. The average molecular weight is 224 g/mol. The standard InChI is InChI=1S/C14H9FN2/c15-12-7-6-11-9-16-14(17-13(11)8-12)10-4-2-1-3-5-10/h1-9H. The summed E-state index contributed by atoms with van der Waals surface area (Å²) in [6, 6.07) is 14.2. The molecule has 0 N–H and O–H groups in total. The maximum absolute atomic E-state index is 13.1. The van der Waals surface area contributed by atoms with Gasteiger partial charge >= 0.3 is 0 Å². The smallest absolute Gasteiger partial charge is 0.159 e. The van der Waals surface area contributed by atoms with Crippen LogP contribution in [-0.2, 0) is 0 Å². The van der Waals surface area contributed by atoms with Crippen molar-refractivity contribution >= 4 is 10.9 Å². The Hall–Kier alpha value is -2.29. The van der Waals surface area contributed by atoms with Crippen LogP contribution in [0.3, 0.4) is 0 Å². The molecule has 1 aromatic heterocycles. The van der Waals surface area contributed by atoms with E-state index in [4.69, 9.17) is 0 Å². The molecule has 0 fully saturated rings. The van der Waals surface area contributed by atoms with E-state index in [0.29, 0.717) is 11.3 Å². The van der Waals surface area contributed by atoms with Crippen molar-refractivity contribution in [3.63, 3.8) is 0 Å². The van der Waals surface area contributed by atoms with E-state index in [9.17, 15) is 4.39 Å². The molecular formula is C14H9FN2. The number of benzene rings is 2. The molecule has 0 aliphatic heterocycles. The highest BCUT2D eigenvalue weighted by Gasteiger charge is 2.03. The molecule has 0 bridgehead atoms. The Bertz CT molecular complexity index is 665. The second-order valence-corrected chi connectivity index (χ2v) is 3.76. The third-order valence-electron chi connectivity index (χ3n) is 2.58. The van der Waals surface area contributed by atoms with Crippen molar-refractivity contribution in [2.24, 2.45) is 0 Å². The third-order valence-corrected chi connectivity index (χ3v) is 2.58. The third kappa shape index (κ3) is 1.87. The normalized spacial score (nSPS) is 10.6. The molecule has 0 saturated heterocycles. The maximum atomic E-state index is 13.1. The minimum Gasteiger partial charge on any atom is -0.236 e. The molecule has 0 radical (unpaired) electrons. The van der Waals surface area contributed by atoms with Crippen molar-refractivity contribution in [1.82, 2.24) is 9.97 Å². The largest absolute Gasteiger partial charge is 0.236 e. The first-order valence-corrected chi connectivity index (χ1v) is 5.31. The van der Waals surface area contributed by atoms with Gasteiger partial charge in [-0.1, -0.05) is 30.3 Å². The number of fused-ring (bicyclic) bond motifs is 1. The van der Waals surface area contributed by atoms with E-state index in [1.54, 1.807) is 12.3 Å². The Morgan fingerprint density at radius 3 is 2.59 bits per heavy atom. The Balaban J connectivity index is 2.19. The van der Waals surface area contributed by atoms with Crippen LogP contribution in [0.4, 0.5) is 4.39 Å². The molecule has 0 aliphatic rings. The van der Waals surface area contributed by atoms with Gasteiger partial charge in [0, 0.05) is 23.2 Å². The van der Waals surface area contributed by atoms with E-state index < -0.39 is 0 Å². The SMILES string of the molecule is Fc1ccc2cnc(-c3ccccc3)nc2c1. The van der Waals surface area contributed by atoms with Gasteiger partial charge in [-0.3, -0.25) is 0 Å². The van der Waals surface area contributed by atoms with Crippen LogP contribution < -0.4 is 0 Å². The lowest BCUT2D eigenvalue weighted by Crippen LogP contribution is -1.90. The van der Waals surface area contributed by atoms with Gasteiger partial charge in [-0.05, 0) is 12.1 Å². The van der Waals surface area contributed by atoms with Crippen LogP contribution in [0.2, 0.25) is 0 Å². The van der Waals surface area contributed by atoms with Gasteiger partial charge in [-0.25, -0.2) is 14.4 Å². The fourth-order valence-electron chi connectivity index (χ4n) is 1.72. The monoisotopic (exact) mass is 224 g/mol. The maximum Gasteiger partial charge on any atom is 0.159 e. The fraction of sp³-hybridized carbons (Fsp3) is 0. The van der Waals surface area contributed by atoms with Gasteiger partial charge < -0.3 is 0 Å². The molecule has 0 atom stereocenters. The lowest BCUT2D eigenvalue weighted by Gasteiger charge is -2.02. The number of halogens is 1. The van der Waals surface area contributed by atoms with Gasteiger partial charge in [-0.15, -0.1) is 0 Å². The zero-order valence-corrected chi connectivity index (χ0v) is 8.97. The molecule has 1 heterocycles. The average Bonchev–Trinajstić information content (AvgIpc) is 2.39. The zero-order valence-electron chi connectivity index (χ0n) is 8.97. The molecule has 17 heavy (non-hydrogen) atoms. The minimum absolute atomic E-state index is 0.282. The second-order valence-electron chi connectivity index (χ2n) is 3.76. The summed E-state index contributed by atoms with van der Waals surface area (Å²) in [5.41, 5.74) is 1.55. The number of hydrogen-bond donors (Lipinski definition) is 0. The summed E-state index contributed by atoms with van der Waals surface area (Å²) < 4.78 is 13.1. The summed E-state index contributed by atoms with van der Waals surface area (Å²) in [7, 11) is 0. The van der Waals surface area contributed by atoms with E-state index in [0.717, 1.165) is 10.9 Å². The molecule has 0 spiro atoms. The predicted octanol–water partition coefficient (Wildman–Crippen LogP) is 3.44. The van der Waals surface area contributed by atoms with E-state index in [-0.39, 0.29) is 5.82 Å². The van der Waals surface area contributed by atoms with Crippen molar-refractivity contribution in [1.29, 1.82) is 0 Å². The van der Waals surface area contributed by atoms with E-state index in [2.05, 4.69) is 9.97 Å². The highest BCUT2D eigenvalue weighted by molar-refractivity contribution is 5.79. The van der Waals surface area contributed by atoms with Crippen molar-refractivity contribution in [3.8, 4) is 11.4 Å². The van der Waals surface area contributed by atoms with Crippen molar-refractivity contribution in [2.45, 2.75) is 0 Å². The molecule has 2 nitrogen and oxygen atoms in total. The zero-order chi connectivity index (χ0) is 11.7. The van der Waals surface area contributed by atoms with Gasteiger partial charge in [0.05, 0.1) is 5.52 Å². The summed E-state index contributed by atoms with van der Waals surface area (Å²) in [6.07, 6.45) is 1.71. The molecule has 0 saturated carbocycles. The van der Waals surface area contributed by atoms with Crippen LogP contribution in [0.1, 0.15) is 0 Å². The number of aromatic nitrogens is 2. The Kier molecular flexibility index (Phi) is 2.29. The van der Waals surface area contributed by atoms with Gasteiger partial charge in [0.25, 0.3) is 0 Å². The molecule has 3 heteroatoms. The summed E-state index contributed by atoms with van der Waals surface area (Å²) in [6.45, 7) is 0.